The van der Waals surface area contributed by atoms with Crippen LogP contribution in [0.3, 0.4) is 0 Å². The summed E-state index contributed by atoms with van der Waals surface area (Å²) in [4.78, 5) is 23.7. The van der Waals surface area contributed by atoms with Crippen molar-refractivity contribution in [1.29, 1.82) is 0 Å². The van der Waals surface area contributed by atoms with E-state index < -0.39 is 6.04 Å². The molecule has 0 radical (unpaired) electrons. The van der Waals surface area contributed by atoms with Gasteiger partial charge in [0.1, 0.15) is 6.04 Å². The molecule has 8 N–H and O–H groups in total. The Kier molecular flexibility index (Phi) is 17.3. The quantitative estimate of drug-likeness (QED) is 0.0826. The van der Waals surface area contributed by atoms with Crippen LogP contribution >= 0.6 is 11.9 Å². The summed E-state index contributed by atoms with van der Waals surface area (Å²) < 4.78 is 2.32. The molecule has 0 aliphatic carbocycles. The number of unbranched alkanes of at least 4 members (excludes halogenated alkanes) is 2. The third kappa shape index (κ3) is 13.9. The smallest absolute Gasteiger partial charge is 0.243 e. The molecule has 1 fully saturated rings. The maximum atomic E-state index is 13.1. The Balaban J connectivity index is 0.000000297. The molecule has 0 bridgehead atoms. The summed E-state index contributed by atoms with van der Waals surface area (Å²) in [6.07, 6.45) is 13.0. The number of amides is 2. The molecule has 9 nitrogen and oxygen atoms in total. The molecule has 1 saturated heterocycles. The van der Waals surface area contributed by atoms with E-state index in [0.29, 0.717) is 30.5 Å². The normalized spacial score (nSPS) is 20.5. The zero-order chi connectivity index (χ0) is 34.7. The molecule has 2 aliphatic rings. The van der Waals surface area contributed by atoms with Crippen LogP contribution in [0.15, 0.2) is 97.0 Å². The second-order valence-corrected chi connectivity index (χ2v) is 13.7. The number of nitrogens with zero attached hydrogens (tertiary/aromatic N) is 1. The van der Waals surface area contributed by atoms with Gasteiger partial charge in [0.25, 0.3) is 0 Å². The minimum Gasteiger partial charge on any atom is -0.385 e. The molecule has 0 aromatic heterocycles. The Morgan fingerprint density at radius 1 is 1.08 bits per heavy atom. The summed E-state index contributed by atoms with van der Waals surface area (Å²) in [5.41, 5.74) is 16.6. The average Bonchev–Trinajstić information content (AvgIpc) is 3.27. The summed E-state index contributed by atoms with van der Waals surface area (Å²) in [6, 6.07) is 19.5. The van der Waals surface area contributed by atoms with Gasteiger partial charge in [-0.25, -0.2) is 4.31 Å². The molecule has 2 heterocycles. The topological polar surface area (TPSA) is 138 Å². The van der Waals surface area contributed by atoms with Crippen molar-refractivity contribution in [2.45, 2.75) is 82.5 Å². The Hall–Kier alpha value is -3.57. The van der Waals surface area contributed by atoms with Crippen LogP contribution in [-0.4, -0.2) is 66.7 Å². The van der Waals surface area contributed by atoms with Crippen molar-refractivity contribution in [1.82, 2.24) is 25.6 Å². The molecule has 48 heavy (non-hydrogen) atoms. The number of carbonyl (C=O) groups is 2. The predicted molar refractivity (Wildman–Crippen MR) is 201 cm³/mol. The van der Waals surface area contributed by atoms with Gasteiger partial charge >= 0.3 is 0 Å². The van der Waals surface area contributed by atoms with Crippen molar-refractivity contribution in [2.24, 2.45) is 17.4 Å². The van der Waals surface area contributed by atoms with Gasteiger partial charge in [-0.2, -0.15) is 0 Å². The standard InChI is InChI=1S/C25H32N4O.C13H25N3OS/c1-17-14-23(19(3)27-17)29-25(30)24(16-21-12-8-5-9-13-21)28-18(2)22(26)15-20-10-6-4-7-11-20;1-18-16-9-12(5-3-2-4-8-14)6-7-13(10-16)15-11-17/h4-13,17,22-24,27-28H,2-3,14-16,26H2,1H3,(H,29,30);7,11-12H,2-6,8-10,14H2,1H3,(H,15,17). The number of nitrogens with two attached hydrogens (primary N) is 2. The van der Waals surface area contributed by atoms with Crippen LogP contribution in [0.25, 0.3) is 0 Å². The molecule has 5 atom stereocenters. The molecule has 0 saturated carbocycles. The van der Waals surface area contributed by atoms with E-state index in [1.807, 2.05) is 60.7 Å². The Morgan fingerprint density at radius 2 is 1.75 bits per heavy atom. The zero-order valence-electron chi connectivity index (χ0n) is 28.8. The lowest BCUT2D eigenvalue weighted by molar-refractivity contribution is -0.123. The van der Waals surface area contributed by atoms with Crippen molar-refractivity contribution in [3.63, 3.8) is 0 Å². The highest BCUT2D eigenvalue weighted by Crippen LogP contribution is 2.23. The van der Waals surface area contributed by atoms with E-state index >= 15 is 0 Å². The number of rotatable bonds is 17. The number of allylic oxidation sites excluding steroid dienone is 1. The average molecular weight is 676 g/mol. The van der Waals surface area contributed by atoms with Gasteiger partial charge in [0.2, 0.25) is 12.3 Å². The first kappa shape index (κ1) is 38.9. The van der Waals surface area contributed by atoms with Gasteiger partial charge in [-0.1, -0.05) is 105 Å². The maximum Gasteiger partial charge on any atom is 0.243 e. The van der Waals surface area contributed by atoms with Gasteiger partial charge in [0.15, 0.2) is 0 Å². The van der Waals surface area contributed by atoms with Crippen LogP contribution in [-0.2, 0) is 22.4 Å². The van der Waals surface area contributed by atoms with Crippen LogP contribution in [0.4, 0.5) is 0 Å². The molecule has 4 rings (SSSR count). The molecule has 0 spiro atoms. The predicted octanol–water partition coefficient (Wildman–Crippen LogP) is 4.39. The number of nitrogens with one attached hydrogen (secondary N) is 4. The molecular weight excluding hydrogens is 619 g/mol. The fraction of sp³-hybridized carbons (Fsp3) is 0.474. The molecule has 2 amide bonds. The second-order valence-electron chi connectivity index (χ2n) is 12.8. The molecule has 2 aromatic rings. The Morgan fingerprint density at radius 3 is 2.33 bits per heavy atom. The highest BCUT2D eigenvalue weighted by Gasteiger charge is 2.29. The lowest BCUT2D eigenvalue weighted by Gasteiger charge is -2.25. The highest BCUT2D eigenvalue weighted by molar-refractivity contribution is 7.96. The highest BCUT2D eigenvalue weighted by atomic mass is 32.2. The minimum atomic E-state index is -0.467. The number of hydrogen-bond acceptors (Lipinski definition) is 8. The molecule has 10 heteroatoms. The van der Waals surface area contributed by atoms with E-state index in [4.69, 9.17) is 11.5 Å². The van der Waals surface area contributed by atoms with E-state index in [2.05, 4.69) is 58.0 Å². The molecule has 2 aromatic carbocycles. The van der Waals surface area contributed by atoms with Crippen molar-refractivity contribution in [3.05, 3.63) is 108 Å². The first-order valence-electron chi connectivity index (χ1n) is 17.1. The molecule has 5 unspecified atom stereocenters. The van der Waals surface area contributed by atoms with Gasteiger partial charge in [-0.05, 0) is 68.9 Å². The molecule has 2 aliphatic heterocycles. The van der Waals surface area contributed by atoms with Crippen LogP contribution in [0.2, 0.25) is 0 Å². The number of carbonyl (C=O) groups excluding carboxylic acids is 2. The lowest BCUT2D eigenvalue weighted by atomic mass is 9.98. The fourth-order valence-corrected chi connectivity index (χ4v) is 6.67. The van der Waals surface area contributed by atoms with Crippen LogP contribution in [0, 0.1) is 5.92 Å². The van der Waals surface area contributed by atoms with Crippen LogP contribution < -0.4 is 32.7 Å². The molecular formula is C38H57N7O2S. The SMILES string of the molecule is C=C(NC(Cc1ccccc1)C(=O)NC1CC(C)NC1=C)C(N)Cc1ccccc1.CSN1CC(NC=O)=CCC(CCCCCN)C1. The van der Waals surface area contributed by atoms with E-state index in [0.717, 1.165) is 67.8 Å². The Labute approximate surface area is 292 Å². The van der Waals surface area contributed by atoms with Crippen molar-refractivity contribution in [3.8, 4) is 0 Å². The number of benzene rings is 2. The van der Waals surface area contributed by atoms with Gasteiger partial charge in [0, 0.05) is 48.7 Å². The van der Waals surface area contributed by atoms with Gasteiger partial charge in [-0.15, -0.1) is 0 Å². The first-order valence-corrected chi connectivity index (χ1v) is 18.3. The third-order valence-electron chi connectivity index (χ3n) is 8.79. The van der Waals surface area contributed by atoms with Gasteiger partial charge in [-0.3, -0.25) is 9.59 Å². The van der Waals surface area contributed by atoms with E-state index in [9.17, 15) is 9.59 Å². The summed E-state index contributed by atoms with van der Waals surface area (Å²) in [7, 11) is 0. The second kappa shape index (κ2) is 21.4. The maximum absolute atomic E-state index is 13.1. The van der Waals surface area contributed by atoms with Crippen LogP contribution in [0.1, 0.15) is 56.6 Å². The summed E-state index contributed by atoms with van der Waals surface area (Å²) in [5.74, 6) is 0.621. The molecule has 262 valence electrons. The van der Waals surface area contributed by atoms with E-state index in [-0.39, 0.29) is 18.0 Å². The van der Waals surface area contributed by atoms with E-state index in [1.165, 1.54) is 19.3 Å². The largest absolute Gasteiger partial charge is 0.385 e. The minimum absolute atomic E-state index is 0.0705. The van der Waals surface area contributed by atoms with Crippen molar-refractivity contribution >= 4 is 24.3 Å². The third-order valence-corrected chi connectivity index (χ3v) is 9.58. The summed E-state index contributed by atoms with van der Waals surface area (Å²) in [6.45, 7) is 13.0. The summed E-state index contributed by atoms with van der Waals surface area (Å²) in [5, 5.41) is 12.5. The summed E-state index contributed by atoms with van der Waals surface area (Å²) >= 11 is 1.75. The van der Waals surface area contributed by atoms with Crippen LogP contribution in [0.5, 0.6) is 0 Å². The number of hydrogen-bond donors (Lipinski definition) is 6. The van der Waals surface area contributed by atoms with Crippen molar-refractivity contribution < 1.29 is 9.59 Å². The van der Waals surface area contributed by atoms with Gasteiger partial charge < -0.3 is 32.7 Å². The van der Waals surface area contributed by atoms with E-state index in [1.54, 1.807) is 11.9 Å². The van der Waals surface area contributed by atoms with Crippen molar-refractivity contribution in [2.75, 3.05) is 25.9 Å². The fourth-order valence-electron chi connectivity index (χ4n) is 6.04. The lowest BCUT2D eigenvalue weighted by Crippen LogP contribution is -2.50. The monoisotopic (exact) mass is 675 g/mol. The first-order chi connectivity index (χ1) is 23.2. The Bertz CT molecular complexity index is 1310. The zero-order valence-corrected chi connectivity index (χ0v) is 29.7. The van der Waals surface area contributed by atoms with Gasteiger partial charge in [0.05, 0.1) is 6.04 Å².